The van der Waals surface area contributed by atoms with Crippen molar-refractivity contribution in [3.63, 3.8) is 0 Å². The number of rotatable bonds is 1. The summed E-state index contributed by atoms with van der Waals surface area (Å²) >= 11 is 0. The zero-order chi connectivity index (χ0) is 11.5. The van der Waals surface area contributed by atoms with Gasteiger partial charge in [-0.25, -0.2) is 0 Å². The number of hydrogen-bond acceptors (Lipinski definition) is 1. The van der Waals surface area contributed by atoms with E-state index in [1.165, 1.54) is 30.4 Å². The first kappa shape index (κ1) is 9.52. The van der Waals surface area contributed by atoms with Gasteiger partial charge in [0.25, 0.3) is 0 Å². The molecule has 3 unspecified atom stereocenters. The van der Waals surface area contributed by atoms with Gasteiger partial charge in [0.05, 0.1) is 0 Å². The number of fused-ring (bicyclic) bond motifs is 3. The van der Waals surface area contributed by atoms with Gasteiger partial charge < -0.3 is 5.11 Å². The van der Waals surface area contributed by atoms with Crippen LogP contribution in [0.3, 0.4) is 0 Å². The summed E-state index contributed by atoms with van der Waals surface area (Å²) in [4.78, 5) is 0. The molecule has 3 atom stereocenters. The molecule has 1 N–H and O–H groups in total. The summed E-state index contributed by atoms with van der Waals surface area (Å²) in [7, 11) is 0. The Balaban J connectivity index is 1.80. The van der Waals surface area contributed by atoms with Crippen molar-refractivity contribution in [3.05, 3.63) is 47.6 Å². The Morgan fingerprint density at radius 2 is 2.18 bits per heavy atom. The maximum absolute atomic E-state index is 9.53. The summed E-state index contributed by atoms with van der Waals surface area (Å²) in [5, 5.41) is 9.53. The van der Waals surface area contributed by atoms with Gasteiger partial charge in [-0.2, -0.15) is 0 Å². The second kappa shape index (κ2) is 3.04. The summed E-state index contributed by atoms with van der Waals surface area (Å²) in [5.41, 5.74) is 2.98. The third kappa shape index (κ3) is 1.20. The van der Waals surface area contributed by atoms with Crippen LogP contribution in [0.1, 0.15) is 36.3 Å². The van der Waals surface area contributed by atoms with E-state index in [1.807, 2.05) is 12.1 Å². The Labute approximate surface area is 101 Å². The maximum atomic E-state index is 9.53. The molecule has 1 fully saturated rings. The molecule has 3 aliphatic rings. The van der Waals surface area contributed by atoms with E-state index in [0.717, 1.165) is 5.92 Å². The van der Waals surface area contributed by atoms with E-state index in [4.69, 9.17) is 0 Å². The molecule has 86 valence electrons. The van der Waals surface area contributed by atoms with E-state index >= 15 is 0 Å². The minimum absolute atomic E-state index is 0.373. The number of hydrogen-bond donors (Lipinski definition) is 1. The van der Waals surface area contributed by atoms with Crippen LogP contribution in [0.4, 0.5) is 0 Å². The number of phenolic OH excluding ortho intramolecular Hbond substituents is 1. The predicted molar refractivity (Wildman–Crippen MR) is 68.8 cm³/mol. The van der Waals surface area contributed by atoms with Crippen molar-refractivity contribution in [2.75, 3.05) is 0 Å². The monoisotopic (exact) mass is 224 g/mol. The van der Waals surface area contributed by atoms with E-state index in [-0.39, 0.29) is 0 Å². The summed E-state index contributed by atoms with van der Waals surface area (Å²) in [6, 6.07) is 5.80. The molecule has 1 heteroatoms. The summed E-state index contributed by atoms with van der Waals surface area (Å²) in [5.74, 6) is 1.73. The quantitative estimate of drug-likeness (QED) is 0.718. The lowest BCUT2D eigenvalue weighted by atomic mass is 9.73. The lowest BCUT2D eigenvalue weighted by Gasteiger charge is -2.31. The molecule has 0 amide bonds. The topological polar surface area (TPSA) is 20.2 Å². The van der Waals surface area contributed by atoms with E-state index in [1.54, 1.807) is 0 Å². The van der Waals surface area contributed by atoms with Crippen molar-refractivity contribution < 1.29 is 5.11 Å². The van der Waals surface area contributed by atoms with E-state index < -0.39 is 0 Å². The van der Waals surface area contributed by atoms with Gasteiger partial charge in [-0.15, -0.1) is 0 Å². The Morgan fingerprint density at radius 1 is 1.24 bits per heavy atom. The molecule has 0 aliphatic heterocycles. The third-order valence-electron chi connectivity index (χ3n) is 4.82. The average Bonchev–Trinajstić information content (AvgIpc) is 3.01. The number of benzene rings is 1. The Bertz CT molecular complexity index is 540. The molecule has 17 heavy (non-hydrogen) atoms. The second-order valence-electron chi connectivity index (χ2n) is 5.75. The fraction of sp³-hybridized carbons (Fsp3) is 0.375. The average molecular weight is 224 g/mol. The maximum Gasteiger partial charge on any atom is 0.116 e. The van der Waals surface area contributed by atoms with Crippen molar-refractivity contribution in [3.8, 4) is 5.75 Å². The van der Waals surface area contributed by atoms with Crippen molar-refractivity contribution >= 4 is 6.08 Å². The zero-order valence-electron chi connectivity index (χ0n) is 9.76. The standard InChI is InChI=1S/C16H16O/c17-13-2-3-14-12(9-13)1-4-15(14)16-7-5-11(10-16)6-8-16/h1-5,7,9,11,15,17H,6,8,10H2. The van der Waals surface area contributed by atoms with Gasteiger partial charge in [-0.05, 0) is 53.9 Å². The molecule has 1 saturated carbocycles. The molecule has 2 bridgehead atoms. The number of allylic oxidation sites excluding steroid dienone is 3. The lowest BCUT2D eigenvalue weighted by Crippen LogP contribution is -2.20. The van der Waals surface area contributed by atoms with Gasteiger partial charge in [0.2, 0.25) is 0 Å². The van der Waals surface area contributed by atoms with E-state index in [9.17, 15) is 5.11 Å². The molecule has 1 aromatic rings. The minimum Gasteiger partial charge on any atom is -0.508 e. The minimum atomic E-state index is 0.373. The highest BCUT2D eigenvalue weighted by molar-refractivity contribution is 5.65. The first-order chi connectivity index (χ1) is 8.27. The number of aromatic hydroxyl groups is 1. The smallest absolute Gasteiger partial charge is 0.116 e. The van der Waals surface area contributed by atoms with Crippen molar-refractivity contribution in [1.29, 1.82) is 0 Å². The summed E-state index contributed by atoms with van der Waals surface area (Å²) in [6.45, 7) is 0. The molecule has 0 radical (unpaired) electrons. The van der Waals surface area contributed by atoms with Gasteiger partial charge in [-0.1, -0.05) is 30.4 Å². The van der Waals surface area contributed by atoms with Crippen LogP contribution in [0.5, 0.6) is 5.75 Å². The zero-order valence-corrected chi connectivity index (χ0v) is 9.76. The Kier molecular flexibility index (Phi) is 1.70. The molecule has 3 aliphatic carbocycles. The largest absolute Gasteiger partial charge is 0.508 e. The molecule has 0 heterocycles. The first-order valence-electron chi connectivity index (χ1n) is 6.47. The van der Waals surface area contributed by atoms with Crippen LogP contribution in [0, 0.1) is 11.3 Å². The van der Waals surface area contributed by atoms with Crippen LogP contribution >= 0.6 is 0 Å². The molecule has 1 aromatic carbocycles. The Hall–Kier alpha value is -1.50. The van der Waals surface area contributed by atoms with Crippen LogP contribution in [-0.4, -0.2) is 5.11 Å². The highest BCUT2D eigenvalue weighted by atomic mass is 16.3. The fourth-order valence-corrected chi connectivity index (χ4v) is 3.97. The second-order valence-corrected chi connectivity index (χ2v) is 5.75. The van der Waals surface area contributed by atoms with E-state index in [0.29, 0.717) is 17.1 Å². The van der Waals surface area contributed by atoms with Crippen molar-refractivity contribution in [1.82, 2.24) is 0 Å². The molecular formula is C16H16O. The van der Waals surface area contributed by atoms with Gasteiger partial charge >= 0.3 is 0 Å². The first-order valence-corrected chi connectivity index (χ1v) is 6.47. The van der Waals surface area contributed by atoms with Gasteiger partial charge in [0, 0.05) is 5.92 Å². The highest BCUT2D eigenvalue weighted by Gasteiger charge is 2.47. The van der Waals surface area contributed by atoms with E-state index in [2.05, 4.69) is 30.4 Å². The number of phenols is 1. The summed E-state index contributed by atoms with van der Waals surface area (Å²) < 4.78 is 0. The molecule has 0 saturated heterocycles. The lowest BCUT2D eigenvalue weighted by molar-refractivity contribution is 0.362. The fourth-order valence-electron chi connectivity index (χ4n) is 3.97. The third-order valence-corrected chi connectivity index (χ3v) is 4.82. The van der Waals surface area contributed by atoms with Crippen LogP contribution in [0.15, 0.2) is 36.4 Å². The predicted octanol–water partition coefficient (Wildman–Crippen LogP) is 3.86. The summed E-state index contributed by atoms with van der Waals surface area (Å²) in [6.07, 6.45) is 13.4. The van der Waals surface area contributed by atoms with Crippen molar-refractivity contribution in [2.24, 2.45) is 11.3 Å². The molecule has 4 rings (SSSR count). The van der Waals surface area contributed by atoms with Crippen molar-refractivity contribution in [2.45, 2.75) is 25.2 Å². The highest BCUT2D eigenvalue weighted by Crippen LogP contribution is 2.59. The van der Waals surface area contributed by atoms with Gasteiger partial charge in [0.1, 0.15) is 5.75 Å². The molecule has 0 spiro atoms. The molecule has 0 aromatic heterocycles. The molecule has 1 nitrogen and oxygen atoms in total. The van der Waals surface area contributed by atoms with Crippen LogP contribution in [0.25, 0.3) is 6.08 Å². The normalized spacial score (nSPS) is 36.7. The van der Waals surface area contributed by atoms with Crippen LogP contribution in [0.2, 0.25) is 0 Å². The van der Waals surface area contributed by atoms with Gasteiger partial charge in [0.15, 0.2) is 0 Å². The molecular weight excluding hydrogens is 208 g/mol. The van der Waals surface area contributed by atoms with Crippen LogP contribution < -0.4 is 0 Å². The SMILES string of the molecule is Oc1ccc2c(c1)C=CC2C12C=CC(CC1)C2. The Morgan fingerprint density at radius 3 is 2.88 bits per heavy atom. The van der Waals surface area contributed by atoms with Gasteiger partial charge in [-0.3, -0.25) is 0 Å². The van der Waals surface area contributed by atoms with Crippen LogP contribution in [-0.2, 0) is 0 Å².